The zero-order valence-corrected chi connectivity index (χ0v) is 19.2. The molecular formula is C26H26F3N3O2. The maximum absolute atomic E-state index is 14.6. The van der Waals surface area contributed by atoms with Crippen molar-refractivity contribution in [2.24, 2.45) is 5.92 Å². The molecule has 1 aliphatic rings. The molecule has 0 unspecified atom stereocenters. The van der Waals surface area contributed by atoms with Gasteiger partial charge in [0.2, 0.25) is 5.91 Å². The highest BCUT2D eigenvalue weighted by Crippen LogP contribution is 2.31. The number of para-hydroxylation sites is 1. The smallest absolute Gasteiger partial charge is 0.256 e. The minimum atomic E-state index is -1.28. The molecule has 2 amide bonds. The minimum Gasteiger partial charge on any atom is -0.350 e. The number of nitrogens with zero attached hydrogens (tertiary/aromatic N) is 1. The molecule has 1 heterocycles. The number of carbonyl (C=O) groups is 2. The van der Waals surface area contributed by atoms with Gasteiger partial charge in [0.25, 0.3) is 5.91 Å². The molecule has 178 valence electrons. The van der Waals surface area contributed by atoms with Gasteiger partial charge in [0.15, 0.2) is 11.6 Å². The molecular weight excluding hydrogens is 443 g/mol. The molecule has 0 atom stereocenters. The second kappa shape index (κ2) is 10.9. The van der Waals surface area contributed by atoms with Crippen molar-refractivity contribution in [3.05, 3.63) is 89.2 Å². The zero-order chi connectivity index (χ0) is 24.8. The van der Waals surface area contributed by atoms with Crippen LogP contribution in [0, 0.1) is 30.3 Å². The van der Waals surface area contributed by atoms with Gasteiger partial charge in [-0.3, -0.25) is 9.59 Å². The Morgan fingerprint density at radius 2 is 1.59 bits per heavy atom. The van der Waals surface area contributed by atoms with E-state index in [1.165, 1.54) is 17.0 Å². The van der Waals surface area contributed by atoms with Gasteiger partial charge in [-0.2, -0.15) is 0 Å². The summed E-state index contributed by atoms with van der Waals surface area (Å²) >= 11 is 0. The van der Waals surface area contributed by atoms with Crippen LogP contribution in [0.1, 0.15) is 29.8 Å². The van der Waals surface area contributed by atoms with Crippen LogP contribution in [-0.4, -0.2) is 29.8 Å². The van der Waals surface area contributed by atoms with E-state index in [9.17, 15) is 22.8 Å². The second-order valence-corrected chi connectivity index (χ2v) is 7.65. The van der Waals surface area contributed by atoms with Gasteiger partial charge >= 0.3 is 0 Å². The van der Waals surface area contributed by atoms with E-state index in [0.29, 0.717) is 11.3 Å². The Hall–Kier alpha value is -3.81. The van der Waals surface area contributed by atoms with Crippen molar-refractivity contribution in [1.29, 1.82) is 0 Å². The van der Waals surface area contributed by atoms with Crippen molar-refractivity contribution in [2.75, 3.05) is 23.7 Å². The highest BCUT2D eigenvalue weighted by atomic mass is 19.2. The molecule has 8 heteroatoms. The lowest BCUT2D eigenvalue weighted by atomic mass is 9.97. The van der Waals surface area contributed by atoms with Crippen LogP contribution in [0.5, 0.6) is 0 Å². The summed E-state index contributed by atoms with van der Waals surface area (Å²) in [6.07, 6.45) is 0. The topological polar surface area (TPSA) is 61.4 Å². The average Bonchev–Trinajstić information content (AvgIpc) is 2.79. The van der Waals surface area contributed by atoms with Crippen LogP contribution >= 0.6 is 0 Å². The fraction of sp³-hybridized carbons (Fsp3) is 0.231. The maximum Gasteiger partial charge on any atom is 0.256 e. The van der Waals surface area contributed by atoms with Crippen LogP contribution in [0.3, 0.4) is 0 Å². The molecule has 1 saturated heterocycles. The number of carbonyl (C=O) groups excluding carboxylic acids is 2. The van der Waals surface area contributed by atoms with Gasteiger partial charge in [0, 0.05) is 18.8 Å². The molecule has 0 spiro atoms. The predicted molar refractivity (Wildman–Crippen MR) is 127 cm³/mol. The summed E-state index contributed by atoms with van der Waals surface area (Å²) in [6, 6.07) is 15.1. The molecule has 0 aromatic heterocycles. The minimum absolute atomic E-state index is 0.0853. The SMILES string of the molecule is CC.Cc1ccc(Nc2c(C(=O)N3CC(C(=O)Nc4ccccc4)C3)ccc(F)c2F)c(F)c1. The first-order valence-corrected chi connectivity index (χ1v) is 11.0. The molecule has 0 aliphatic carbocycles. The number of hydrogen-bond donors (Lipinski definition) is 2. The Bertz CT molecular complexity index is 1180. The Kier molecular flexibility index (Phi) is 7.94. The largest absolute Gasteiger partial charge is 0.350 e. The van der Waals surface area contributed by atoms with Crippen LogP contribution in [-0.2, 0) is 4.79 Å². The first-order chi connectivity index (χ1) is 16.3. The van der Waals surface area contributed by atoms with Crippen molar-refractivity contribution in [1.82, 2.24) is 4.90 Å². The lowest BCUT2D eigenvalue weighted by molar-refractivity contribution is -0.123. The number of rotatable bonds is 5. The fourth-order valence-corrected chi connectivity index (χ4v) is 3.45. The number of nitrogens with one attached hydrogen (secondary N) is 2. The van der Waals surface area contributed by atoms with Gasteiger partial charge in [0.1, 0.15) is 5.82 Å². The fourth-order valence-electron chi connectivity index (χ4n) is 3.45. The second-order valence-electron chi connectivity index (χ2n) is 7.65. The first kappa shape index (κ1) is 24.8. The van der Waals surface area contributed by atoms with Crippen LogP contribution in [0.4, 0.5) is 30.2 Å². The molecule has 0 saturated carbocycles. The van der Waals surface area contributed by atoms with Crippen LogP contribution in [0.25, 0.3) is 0 Å². The van der Waals surface area contributed by atoms with Crippen molar-refractivity contribution >= 4 is 28.9 Å². The highest BCUT2D eigenvalue weighted by Gasteiger charge is 2.37. The zero-order valence-electron chi connectivity index (χ0n) is 19.2. The molecule has 1 fully saturated rings. The van der Waals surface area contributed by atoms with E-state index < -0.39 is 35.0 Å². The summed E-state index contributed by atoms with van der Waals surface area (Å²) in [5, 5.41) is 5.28. The Labute approximate surface area is 196 Å². The Balaban J connectivity index is 0.00000158. The number of halogens is 3. The van der Waals surface area contributed by atoms with Gasteiger partial charge in [-0.25, -0.2) is 13.2 Å². The molecule has 3 aromatic rings. The maximum atomic E-state index is 14.6. The van der Waals surface area contributed by atoms with E-state index >= 15 is 0 Å². The first-order valence-electron chi connectivity index (χ1n) is 11.0. The molecule has 34 heavy (non-hydrogen) atoms. The molecule has 2 N–H and O–H groups in total. The van der Waals surface area contributed by atoms with Crippen LogP contribution < -0.4 is 10.6 Å². The Morgan fingerprint density at radius 1 is 0.912 bits per heavy atom. The summed E-state index contributed by atoms with van der Waals surface area (Å²) in [5.74, 6) is -4.34. The summed E-state index contributed by atoms with van der Waals surface area (Å²) in [6.45, 7) is 5.96. The number of amides is 2. The number of anilines is 3. The molecule has 4 rings (SSSR count). The average molecular weight is 470 g/mol. The Morgan fingerprint density at radius 3 is 2.24 bits per heavy atom. The highest BCUT2D eigenvalue weighted by molar-refractivity contribution is 6.02. The molecule has 0 radical (unpaired) electrons. The van der Waals surface area contributed by atoms with Gasteiger partial charge < -0.3 is 15.5 Å². The molecule has 1 aliphatic heterocycles. The van der Waals surface area contributed by atoms with E-state index in [-0.39, 0.29) is 30.2 Å². The molecule has 3 aromatic carbocycles. The third kappa shape index (κ3) is 5.39. The van der Waals surface area contributed by atoms with Crippen molar-refractivity contribution in [3.63, 3.8) is 0 Å². The van der Waals surface area contributed by atoms with E-state index in [0.717, 1.165) is 12.1 Å². The van der Waals surface area contributed by atoms with E-state index in [2.05, 4.69) is 10.6 Å². The van der Waals surface area contributed by atoms with Crippen molar-refractivity contribution in [3.8, 4) is 0 Å². The number of hydrogen-bond acceptors (Lipinski definition) is 3. The van der Waals surface area contributed by atoms with Gasteiger partial charge in [0.05, 0.1) is 22.9 Å². The van der Waals surface area contributed by atoms with Gasteiger partial charge in [-0.1, -0.05) is 38.1 Å². The lowest BCUT2D eigenvalue weighted by Crippen LogP contribution is -2.54. The summed E-state index contributed by atoms with van der Waals surface area (Å²) < 4.78 is 42.7. The van der Waals surface area contributed by atoms with Crippen LogP contribution in [0.2, 0.25) is 0 Å². The lowest BCUT2D eigenvalue weighted by Gasteiger charge is -2.38. The van der Waals surface area contributed by atoms with Gasteiger partial charge in [-0.15, -0.1) is 0 Å². The number of likely N-dealkylation sites (tertiary alicyclic amines) is 1. The number of benzene rings is 3. The van der Waals surface area contributed by atoms with E-state index in [4.69, 9.17) is 0 Å². The van der Waals surface area contributed by atoms with Crippen LogP contribution in [0.15, 0.2) is 60.7 Å². The third-order valence-electron chi connectivity index (χ3n) is 5.29. The standard InChI is InChI=1S/C24H20F3N3O2.C2H6/c1-14-7-10-20(19(26)11-14)29-22-17(8-9-18(25)21(22)27)24(32)30-12-15(13-30)23(31)28-16-5-3-2-4-6-16;1-2/h2-11,15,29H,12-13H2,1H3,(H,28,31);1-2H3. The quantitative estimate of drug-likeness (QED) is 0.490. The predicted octanol–water partition coefficient (Wildman–Crippen LogP) is 5.89. The van der Waals surface area contributed by atoms with E-state index in [1.54, 1.807) is 37.3 Å². The summed E-state index contributed by atoms with van der Waals surface area (Å²) in [5.41, 5.74) is 0.623. The normalized spacial score (nSPS) is 12.8. The molecule has 0 bridgehead atoms. The van der Waals surface area contributed by atoms with Gasteiger partial charge in [-0.05, 0) is 48.9 Å². The summed E-state index contributed by atoms with van der Waals surface area (Å²) in [7, 11) is 0. The summed E-state index contributed by atoms with van der Waals surface area (Å²) in [4.78, 5) is 26.7. The third-order valence-corrected chi connectivity index (χ3v) is 5.29. The van der Waals surface area contributed by atoms with Crippen molar-refractivity contribution < 1.29 is 22.8 Å². The monoisotopic (exact) mass is 469 g/mol. The number of aryl methyl sites for hydroxylation is 1. The van der Waals surface area contributed by atoms with E-state index in [1.807, 2.05) is 19.9 Å². The molecule has 5 nitrogen and oxygen atoms in total. The van der Waals surface area contributed by atoms with Crippen molar-refractivity contribution in [2.45, 2.75) is 20.8 Å².